The first-order valence-corrected chi connectivity index (χ1v) is 7.30. The molecule has 2 N–H and O–H groups in total. The van der Waals surface area contributed by atoms with E-state index in [4.69, 9.17) is 10.5 Å². The van der Waals surface area contributed by atoms with E-state index in [9.17, 15) is 0 Å². The molecule has 2 aromatic rings. The average molecular weight is 326 g/mol. The minimum Gasteiger partial charge on any atom is -0.496 e. The molecule has 0 radical (unpaired) electrons. The Morgan fingerprint density at radius 3 is 2.56 bits per heavy atom. The Morgan fingerprint density at radius 1 is 1.28 bits per heavy atom. The largest absolute Gasteiger partial charge is 0.496 e. The van der Waals surface area contributed by atoms with Gasteiger partial charge in [0.1, 0.15) is 5.75 Å². The SMILES string of the molecule is COc1ccc(C)cc1C(N)c1cc(C)c(Br)s1. The predicted molar refractivity (Wildman–Crippen MR) is 80.5 cm³/mol. The number of aryl methyl sites for hydroxylation is 2. The molecule has 2 rings (SSSR count). The van der Waals surface area contributed by atoms with Gasteiger partial charge in [-0.2, -0.15) is 0 Å². The fraction of sp³-hybridized carbons (Fsp3) is 0.286. The molecule has 0 fully saturated rings. The van der Waals surface area contributed by atoms with Gasteiger partial charge in [-0.15, -0.1) is 11.3 Å². The van der Waals surface area contributed by atoms with Crippen molar-refractivity contribution < 1.29 is 4.74 Å². The number of benzene rings is 1. The van der Waals surface area contributed by atoms with Crippen LogP contribution in [0.1, 0.15) is 27.6 Å². The van der Waals surface area contributed by atoms with Gasteiger partial charge >= 0.3 is 0 Å². The molecule has 18 heavy (non-hydrogen) atoms. The van der Waals surface area contributed by atoms with E-state index < -0.39 is 0 Å². The lowest BCUT2D eigenvalue weighted by molar-refractivity contribution is 0.408. The molecule has 1 aromatic carbocycles. The van der Waals surface area contributed by atoms with Crippen LogP contribution in [0.3, 0.4) is 0 Å². The number of nitrogens with two attached hydrogens (primary N) is 1. The minimum absolute atomic E-state index is 0.144. The molecule has 1 unspecified atom stereocenters. The number of hydrogen-bond donors (Lipinski definition) is 1. The van der Waals surface area contributed by atoms with Crippen molar-refractivity contribution in [1.82, 2.24) is 0 Å². The number of rotatable bonds is 3. The average Bonchev–Trinajstić information content (AvgIpc) is 2.68. The molecule has 2 nitrogen and oxygen atoms in total. The Hall–Kier alpha value is -0.840. The number of thiophene rings is 1. The van der Waals surface area contributed by atoms with Crippen LogP contribution >= 0.6 is 27.3 Å². The number of halogens is 1. The maximum atomic E-state index is 6.35. The van der Waals surface area contributed by atoms with Gasteiger partial charge < -0.3 is 10.5 Å². The maximum Gasteiger partial charge on any atom is 0.124 e. The topological polar surface area (TPSA) is 35.2 Å². The van der Waals surface area contributed by atoms with Gasteiger partial charge in [0.2, 0.25) is 0 Å². The molecule has 0 aliphatic rings. The number of ether oxygens (including phenoxy) is 1. The zero-order valence-corrected chi connectivity index (χ0v) is 13.1. The van der Waals surface area contributed by atoms with Gasteiger partial charge in [-0.1, -0.05) is 17.7 Å². The lowest BCUT2D eigenvalue weighted by Gasteiger charge is -2.15. The van der Waals surface area contributed by atoms with Gasteiger partial charge in [0.05, 0.1) is 16.9 Å². The maximum absolute atomic E-state index is 6.35. The van der Waals surface area contributed by atoms with Crippen LogP contribution in [0.25, 0.3) is 0 Å². The molecule has 1 aromatic heterocycles. The Bertz CT molecular complexity index is 545. The third-order valence-electron chi connectivity index (χ3n) is 2.90. The van der Waals surface area contributed by atoms with Crippen LogP contribution in [-0.4, -0.2) is 7.11 Å². The standard InChI is InChI=1S/C14H16BrNOS/c1-8-4-5-11(17-3)10(6-8)13(16)12-7-9(2)14(15)18-12/h4-7,13H,16H2,1-3H3. The second kappa shape index (κ2) is 5.43. The summed E-state index contributed by atoms with van der Waals surface area (Å²) in [6.07, 6.45) is 0. The Balaban J connectivity index is 2.44. The van der Waals surface area contributed by atoms with Gasteiger partial charge in [0.25, 0.3) is 0 Å². The lowest BCUT2D eigenvalue weighted by Crippen LogP contribution is -2.11. The quantitative estimate of drug-likeness (QED) is 0.918. The highest BCUT2D eigenvalue weighted by atomic mass is 79.9. The van der Waals surface area contributed by atoms with Crippen molar-refractivity contribution >= 4 is 27.3 Å². The zero-order chi connectivity index (χ0) is 13.3. The molecule has 0 bridgehead atoms. The fourth-order valence-corrected chi connectivity index (χ4v) is 3.48. The van der Waals surface area contributed by atoms with Crippen molar-refractivity contribution in [3.63, 3.8) is 0 Å². The van der Waals surface area contributed by atoms with E-state index in [1.165, 1.54) is 11.1 Å². The summed E-state index contributed by atoms with van der Waals surface area (Å²) in [5, 5.41) is 0. The van der Waals surface area contributed by atoms with Crippen LogP contribution in [0.15, 0.2) is 28.1 Å². The van der Waals surface area contributed by atoms with Gasteiger partial charge in [-0.25, -0.2) is 0 Å². The molecule has 0 aliphatic heterocycles. The Kier molecular flexibility index (Phi) is 4.10. The highest BCUT2D eigenvalue weighted by Gasteiger charge is 2.17. The molecule has 0 amide bonds. The van der Waals surface area contributed by atoms with Crippen LogP contribution < -0.4 is 10.5 Å². The summed E-state index contributed by atoms with van der Waals surface area (Å²) >= 11 is 5.22. The lowest BCUT2D eigenvalue weighted by atomic mass is 10.0. The zero-order valence-electron chi connectivity index (χ0n) is 10.7. The van der Waals surface area contributed by atoms with E-state index in [0.717, 1.165) is 20.0 Å². The summed E-state index contributed by atoms with van der Waals surface area (Å²) in [7, 11) is 1.68. The summed E-state index contributed by atoms with van der Waals surface area (Å²) in [5.41, 5.74) is 9.79. The first-order valence-electron chi connectivity index (χ1n) is 5.69. The smallest absolute Gasteiger partial charge is 0.124 e. The summed E-state index contributed by atoms with van der Waals surface area (Å²) < 4.78 is 6.53. The van der Waals surface area contributed by atoms with Crippen molar-refractivity contribution in [1.29, 1.82) is 0 Å². The van der Waals surface area contributed by atoms with Crippen LogP contribution in [0, 0.1) is 13.8 Å². The second-order valence-electron chi connectivity index (χ2n) is 4.33. The predicted octanol–water partition coefficient (Wildman–Crippen LogP) is 4.18. The van der Waals surface area contributed by atoms with Gasteiger partial charge in [0.15, 0.2) is 0 Å². The molecule has 0 spiro atoms. The van der Waals surface area contributed by atoms with E-state index >= 15 is 0 Å². The minimum atomic E-state index is -0.144. The van der Waals surface area contributed by atoms with E-state index in [-0.39, 0.29) is 6.04 Å². The fourth-order valence-electron chi connectivity index (χ4n) is 1.89. The molecule has 0 saturated heterocycles. The van der Waals surface area contributed by atoms with Crippen molar-refractivity contribution in [3.05, 3.63) is 49.6 Å². The van der Waals surface area contributed by atoms with E-state index in [1.807, 2.05) is 12.1 Å². The second-order valence-corrected chi connectivity index (χ2v) is 6.73. The van der Waals surface area contributed by atoms with Gasteiger partial charge in [-0.3, -0.25) is 0 Å². The molecule has 0 aliphatic carbocycles. The van der Waals surface area contributed by atoms with Crippen molar-refractivity contribution in [2.75, 3.05) is 7.11 Å². The van der Waals surface area contributed by atoms with E-state index in [1.54, 1.807) is 18.4 Å². The van der Waals surface area contributed by atoms with Crippen LogP contribution in [0.4, 0.5) is 0 Å². The van der Waals surface area contributed by atoms with Crippen LogP contribution in [0.5, 0.6) is 5.75 Å². The first-order chi connectivity index (χ1) is 8.52. The Labute approximate surface area is 120 Å². The Morgan fingerprint density at radius 2 is 2.00 bits per heavy atom. The van der Waals surface area contributed by atoms with Crippen molar-refractivity contribution in [2.24, 2.45) is 5.73 Å². The summed E-state index contributed by atoms with van der Waals surface area (Å²) in [6.45, 7) is 4.13. The molecule has 1 atom stereocenters. The number of methoxy groups -OCH3 is 1. The molecular weight excluding hydrogens is 310 g/mol. The molecular formula is C14H16BrNOS. The van der Waals surface area contributed by atoms with Crippen LogP contribution in [0.2, 0.25) is 0 Å². The van der Waals surface area contributed by atoms with E-state index in [2.05, 4.69) is 41.9 Å². The molecule has 0 saturated carbocycles. The van der Waals surface area contributed by atoms with Crippen molar-refractivity contribution in [3.8, 4) is 5.75 Å². The number of hydrogen-bond acceptors (Lipinski definition) is 3. The van der Waals surface area contributed by atoms with Crippen LogP contribution in [-0.2, 0) is 0 Å². The third kappa shape index (κ3) is 2.60. The highest BCUT2D eigenvalue weighted by molar-refractivity contribution is 9.11. The van der Waals surface area contributed by atoms with Gasteiger partial charge in [-0.05, 0) is 47.5 Å². The van der Waals surface area contributed by atoms with Crippen molar-refractivity contribution in [2.45, 2.75) is 19.9 Å². The van der Waals surface area contributed by atoms with E-state index in [0.29, 0.717) is 0 Å². The third-order valence-corrected chi connectivity index (χ3v) is 5.12. The molecule has 4 heteroatoms. The monoisotopic (exact) mass is 325 g/mol. The summed E-state index contributed by atoms with van der Waals surface area (Å²) in [6, 6.07) is 8.08. The molecule has 96 valence electrons. The summed E-state index contributed by atoms with van der Waals surface area (Å²) in [5.74, 6) is 0.843. The van der Waals surface area contributed by atoms with Gasteiger partial charge in [0, 0.05) is 10.4 Å². The summed E-state index contributed by atoms with van der Waals surface area (Å²) in [4.78, 5) is 1.14. The molecule has 1 heterocycles. The highest BCUT2D eigenvalue weighted by Crippen LogP contribution is 2.36. The first kappa shape index (κ1) is 13.6. The normalized spacial score (nSPS) is 12.5.